The molecule has 2 aromatic rings. The summed E-state index contributed by atoms with van der Waals surface area (Å²) in [5.74, 6) is 5.43. The highest BCUT2D eigenvalue weighted by Gasteiger charge is 2.04. The Balaban J connectivity index is 2.13. The lowest BCUT2D eigenvalue weighted by Gasteiger charge is -1.97. The third kappa shape index (κ3) is 3.46. The van der Waals surface area contributed by atoms with Gasteiger partial charge >= 0.3 is 5.97 Å². The van der Waals surface area contributed by atoms with Gasteiger partial charge in [0.2, 0.25) is 0 Å². The molecule has 0 saturated heterocycles. The average Bonchev–Trinajstić information content (AvgIpc) is 2.88. The third-order valence-corrected chi connectivity index (χ3v) is 2.46. The Morgan fingerprint density at radius 2 is 2.16 bits per heavy atom. The van der Waals surface area contributed by atoms with Crippen molar-refractivity contribution in [3.05, 3.63) is 42.1 Å². The van der Waals surface area contributed by atoms with Crippen LogP contribution in [0, 0.1) is 11.8 Å². The predicted molar refractivity (Wildman–Crippen MR) is 72.2 cm³/mol. The molecule has 0 bridgehead atoms. The number of nitrogens with one attached hydrogen (secondary N) is 1. The van der Waals surface area contributed by atoms with E-state index in [1.165, 1.54) is 0 Å². The number of hydrogen-bond donors (Lipinski definition) is 1. The second-order valence-corrected chi connectivity index (χ2v) is 3.81. The molecule has 2 rings (SSSR count). The lowest BCUT2D eigenvalue weighted by atomic mass is 10.1. The van der Waals surface area contributed by atoms with Crippen LogP contribution in [-0.4, -0.2) is 22.8 Å². The summed E-state index contributed by atoms with van der Waals surface area (Å²) in [6.07, 6.45) is 1.74. The molecule has 1 N–H and O–H groups in total. The largest absolute Gasteiger partial charge is 0.465 e. The van der Waals surface area contributed by atoms with E-state index < -0.39 is 0 Å². The summed E-state index contributed by atoms with van der Waals surface area (Å²) in [7, 11) is 0. The topological polar surface area (TPSA) is 55.0 Å². The summed E-state index contributed by atoms with van der Waals surface area (Å²) < 4.78 is 4.81. The number of benzene rings is 1. The summed E-state index contributed by atoms with van der Waals surface area (Å²) in [4.78, 5) is 11.2. The average molecular weight is 254 g/mol. The van der Waals surface area contributed by atoms with Gasteiger partial charge in [-0.15, -0.1) is 0 Å². The molecule has 0 amide bonds. The monoisotopic (exact) mass is 254 g/mol. The van der Waals surface area contributed by atoms with Crippen molar-refractivity contribution in [2.24, 2.45) is 0 Å². The third-order valence-electron chi connectivity index (χ3n) is 2.46. The van der Waals surface area contributed by atoms with Crippen molar-refractivity contribution < 1.29 is 9.53 Å². The molecule has 0 atom stereocenters. The number of hydrogen-bond acceptors (Lipinski definition) is 3. The van der Waals surface area contributed by atoms with Gasteiger partial charge in [0.15, 0.2) is 0 Å². The van der Waals surface area contributed by atoms with Crippen molar-refractivity contribution in [3.8, 4) is 23.1 Å². The maximum atomic E-state index is 11.2. The first-order valence-electron chi connectivity index (χ1n) is 6.04. The van der Waals surface area contributed by atoms with E-state index in [9.17, 15) is 4.79 Å². The number of nitrogens with zero attached hydrogens (tertiary/aromatic N) is 1. The van der Waals surface area contributed by atoms with Crippen molar-refractivity contribution >= 4 is 5.97 Å². The summed E-state index contributed by atoms with van der Waals surface area (Å²) in [5, 5.41) is 6.91. The molecule has 19 heavy (non-hydrogen) atoms. The molecule has 0 unspecified atom stereocenters. The first-order chi connectivity index (χ1) is 9.31. The fourth-order valence-corrected chi connectivity index (χ4v) is 1.63. The van der Waals surface area contributed by atoms with Crippen LogP contribution in [0.3, 0.4) is 0 Å². The second-order valence-electron chi connectivity index (χ2n) is 3.81. The van der Waals surface area contributed by atoms with Crippen LogP contribution in [0.2, 0.25) is 0 Å². The number of carbonyl (C=O) groups excluding carboxylic acids is 1. The summed E-state index contributed by atoms with van der Waals surface area (Å²) in [5.41, 5.74) is 2.65. The van der Waals surface area contributed by atoms with Gasteiger partial charge in [0.1, 0.15) is 6.42 Å². The van der Waals surface area contributed by atoms with Gasteiger partial charge in [-0.2, -0.15) is 5.10 Å². The maximum Gasteiger partial charge on any atom is 0.317 e. The Morgan fingerprint density at radius 3 is 2.89 bits per heavy atom. The highest BCUT2D eigenvalue weighted by atomic mass is 16.5. The van der Waals surface area contributed by atoms with Gasteiger partial charge in [-0.05, 0) is 6.92 Å². The molecule has 0 aliphatic carbocycles. The van der Waals surface area contributed by atoms with Crippen LogP contribution in [-0.2, 0) is 9.53 Å². The minimum Gasteiger partial charge on any atom is -0.465 e. The molecule has 0 aliphatic heterocycles. The van der Waals surface area contributed by atoms with Gasteiger partial charge in [0.25, 0.3) is 0 Å². The van der Waals surface area contributed by atoms with E-state index in [0.29, 0.717) is 6.61 Å². The first-order valence-corrected chi connectivity index (χ1v) is 6.04. The molecule has 0 radical (unpaired) electrons. The smallest absolute Gasteiger partial charge is 0.317 e. The Labute approximate surface area is 111 Å². The van der Waals surface area contributed by atoms with E-state index in [1.807, 2.05) is 30.3 Å². The number of aromatic amines is 1. The fourth-order valence-electron chi connectivity index (χ4n) is 1.63. The zero-order valence-corrected chi connectivity index (χ0v) is 10.6. The number of esters is 1. The van der Waals surface area contributed by atoms with Crippen LogP contribution in [0.25, 0.3) is 11.3 Å². The molecule has 0 saturated carbocycles. The zero-order valence-electron chi connectivity index (χ0n) is 10.6. The van der Waals surface area contributed by atoms with Crippen LogP contribution in [0.1, 0.15) is 18.9 Å². The lowest BCUT2D eigenvalue weighted by Crippen LogP contribution is -2.01. The molecule has 96 valence electrons. The minimum absolute atomic E-state index is 0.0905. The van der Waals surface area contributed by atoms with E-state index in [2.05, 4.69) is 22.0 Å². The molecule has 1 heterocycles. The minimum atomic E-state index is -0.306. The molecule has 4 heteroatoms. The maximum absolute atomic E-state index is 11.2. The molecule has 1 aromatic heterocycles. The Bertz CT molecular complexity index is 606. The van der Waals surface area contributed by atoms with Gasteiger partial charge in [0, 0.05) is 5.56 Å². The van der Waals surface area contributed by atoms with Crippen LogP contribution in [0.5, 0.6) is 0 Å². The van der Waals surface area contributed by atoms with Crippen molar-refractivity contribution in [2.45, 2.75) is 13.3 Å². The van der Waals surface area contributed by atoms with E-state index in [-0.39, 0.29) is 12.4 Å². The van der Waals surface area contributed by atoms with Gasteiger partial charge in [-0.3, -0.25) is 9.89 Å². The molecular formula is C15H14N2O2. The Hall–Kier alpha value is -2.54. The summed E-state index contributed by atoms with van der Waals surface area (Å²) >= 11 is 0. The van der Waals surface area contributed by atoms with E-state index in [1.54, 1.807) is 13.1 Å². The highest BCUT2D eigenvalue weighted by Crippen LogP contribution is 2.19. The van der Waals surface area contributed by atoms with Crippen LogP contribution in [0.4, 0.5) is 0 Å². The summed E-state index contributed by atoms with van der Waals surface area (Å²) in [6, 6.07) is 9.80. The molecule has 1 aromatic carbocycles. The number of rotatable bonds is 3. The zero-order chi connectivity index (χ0) is 13.5. The molecule has 0 aliphatic rings. The van der Waals surface area contributed by atoms with Gasteiger partial charge < -0.3 is 4.74 Å². The Kier molecular flexibility index (Phi) is 4.35. The number of ether oxygens (including phenoxy) is 1. The van der Waals surface area contributed by atoms with E-state index in [0.717, 1.165) is 16.8 Å². The van der Waals surface area contributed by atoms with Crippen molar-refractivity contribution in [3.63, 3.8) is 0 Å². The van der Waals surface area contributed by atoms with Crippen LogP contribution >= 0.6 is 0 Å². The van der Waals surface area contributed by atoms with Gasteiger partial charge in [0.05, 0.1) is 24.1 Å². The standard InChI is InChI=1S/C15H14N2O2/c1-2-19-14(18)10-6-9-13-11-16-17-15(13)12-7-4-3-5-8-12/h3-5,7-8,11H,2,10H2,1H3,(H,16,17). The van der Waals surface area contributed by atoms with Gasteiger partial charge in [-0.1, -0.05) is 42.2 Å². The molecule has 0 fully saturated rings. The van der Waals surface area contributed by atoms with Gasteiger partial charge in [-0.25, -0.2) is 0 Å². The van der Waals surface area contributed by atoms with E-state index >= 15 is 0 Å². The van der Waals surface area contributed by atoms with E-state index in [4.69, 9.17) is 4.74 Å². The fraction of sp³-hybridized carbons (Fsp3) is 0.200. The number of aromatic nitrogens is 2. The van der Waals surface area contributed by atoms with Crippen molar-refractivity contribution in [1.29, 1.82) is 0 Å². The molecule has 4 nitrogen and oxygen atoms in total. The summed E-state index contributed by atoms with van der Waals surface area (Å²) in [6.45, 7) is 2.15. The lowest BCUT2D eigenvalue weighted by molar-refractivity contribution is -0.141. The van der Waals surface area contributed by atoms with Crippen LogP contribution < -0.4 is 0 Å². The number of H-pyrrole nitrogens is 1. The normalized spacial score (nSPS) is 9.53. The van der Waals surface area contributed by atoms with Crippen molar-refractivity contribution in [2.75, 3.05) is 6.61 Å². The first kappa shape index (κ1) is 12.9. The number of carbonyl (C=O) groups is 1. The highest BCUT2D eigenvalue weighted by molar-refractivity contribution is 5.73. The SMILES string of the molecule is CCOC(=O)CC#Cc1cn[nH]c1-c1ccccc1. The predicted octanol–water partition coefficient (Wildman–Crippen LogP) is 2.38. The second kappa shape index (κ2) is 6.41. The van der Waals surface area contributed by atoms with Crippen molar-refractivity contribution in [1.82, 2.24) is 10.2 Å². The molecular weight excluding hydrogens is 240 g/mol. The Morgan fingerprint density at radius 1 is 1.37 bits per heavy atom. The quantitative estimate of drug-likeness (QED) is 0.676. The van der Waals surface area contributed by atoms with Crippen LogP contribution in [0.15, 0.2) is 36.5 Å². The molecule has 0 spiro atoms.